The average Bonchev–Trinajstić information content (AvgIpc) is 2.84. The van der Waals surface area contributed by atoms with E-state index in [1.54, 1.807) is 0 Å². The lowest BCUT2D eigenvalue weighted by Gasteiger charge is -2.19. The molecule has 0 amide bonds. The predicted octanol–water partition coefficient (Wildman–Crippen LogP) is 2.86. The predicted molar refractivity (Wildman–Crippen MR) is 47.8 cm³/mol. The first-order valence-electron chi connectivity index (χ1n) is 4.38. The van der Waals surface area contributed by atoms with Crippen LogP contribution in [0.15, 0.2) is 24.3 Å². The van der Waals surface area contributed by atoms with Crippen molar-refractivity contribution in [2.75, 3.05) is 5.73 Å². The van der Waals surface area contributed by atoms with Crippen LogP contribution in [0.25, 0.3) is 0 Å². The molecule has 0 heterocycles. The smallest absolute Gasteiger partial charge is 0.398 e. The highest BCUT2D eigenvalue weighted by molar-refractivity contribution is 5.44. The van der Waals surface area contributed by atoms with Crippen molar-refractivity contribution in [3.05, 3.63) is 29.8 Å². The van der Waals surface area contributed by atoms with Gasteiger partial charge in [-0.3, -0.25) is 0 Å². The first kappa shape index (κ1) is 9.37. The first-order valence-corrected chi connectivity index (χ1v) is 4.38. The molecule has 0 radical (unpaired) electrons. The van der Waals surface area contributed by atoms with Crippen LogP contribution < -0.4 is 5.73 Å². The zero-order valence-electron chi connectivity index (χ0n) is 7.43. The summed E-state index contributed by atoms with van der Waals surface area (Å²) in [4.78, 5) is 0. The molecular formula is C10H10F3N. The second-order valence-electron chi connectivity index (χ2n) is 3.70. The number of benzene rings is 1. The summed E-state index contributed by atoms with van der Waals surface area (Å²) in [6, 6.07) is 5.97. The molecule has 1 fully saturated rings. The van der Waals surface area contributed by atoms with Gasteiger partial charge in [0.25, 0.3) is 0 Å². The highest BCUT2D eigenvalue weighted by atomic mass is 19.4. The fraction of sp³-hybridized carbons (Fsp3) is 0.400. The third-order valence-electron chi connectivity index (χ3n) is 2.76. The van der Waals surface area contributed by atoms with Crippen LogP contribution in [0.1, 0.15) is 18.4 Å². The lowest BCUT2D eigenvalue weighted by Crippen LogP contribution is -2.28. The van der Waals surface area contributed by atoms with E-state index in [1.807, 2.05) is 0 Å². The second-order valence-corrected chi connectivity index (χ2v) is 3.70. The number of hydrogen-bond donors (Lipinski definition) is 1. The van der Waals surface area contributed by atoms with Crippen LogP contribution >= 0.6 is 0 Å². The van der Waals surface area contributed by atoms with Gasteiger partial charge in [0.1, 0.15) is 0 Å². The molecule has 2 N–H and O–H groups in total. The Balaban J connectivity index is 2.36. The SMILES string of the molecule is Nc1ccc(C2(C(F)(F)F)CC2)cc1. The molecule has 1 aliphatic carbocycles. The lowest BCUT2D eigenvalue weighted by atomic mass is 9.95. The Kier molecular flexibility index (Phi) is 1.77. The van der Waals surface area contributed by atoms with Crippen molar-refractivity contribution in [1.82, 2.24) is 0 Å². The summed E-state index contributed by atoms with van der Waals surface area (Å²) >= 11 is 0. The van der Waals surface area contributed by atoms with Crippen molar-refractivity contribution in [3.8, 4) is 0 Å². The summed E-state index contributed by atoms with van der Waals surface area (Å²) in [5.74, 6) is 0. The van der Waals surface area contributed by atoms with Crippen LogP contribution in [0.5, 0.6) is 0 Å². The summed E-state index contributed by atoms with van der Waals surface area (Å²) in [5, 5.41) is 0. The van der Waals surface area contributed by atoms with E-state index < -0.39 is 11.6 Å². The third kappa shape index (κ3) is 1.25. The minimum atomic E-state index is -4.14. The molecule has 76 valence electrons. The Labute approximate surface area is 79.7 Å². The number of hydrogen-bond acceptors (Lipinski definition) is 1. The zero-order chi connectivity index (χ0) is 10.4. The molecule has 0 aromatic heterocycles. The van der Waals surface area contributed by atoms with Crippen LogP contribution in [0.2, 0.25) is 0 Å². The molecule has 1 aromatic rings. The molecule has 0 unspecified atom stereocenters. The van der Waals surface area contributed by atoms with Gasteiger partial charge < -0.3 is 5.73 Å². The Morgan fingerprint density at radius 3 is 1.93 bits per heavy atom. The normalized spacial score (nSPS) is 19.4. The molecule has 1 nitrogen and oxygen atoms in total. The van der Waals surface area contributed by atoms with E-state index in [0.717, 1.165) is 0 Å². The number of anilines is 1. The topological polar surface area (TPSA) is 26.0 Å². The van der Waals surface area contributed by atoms with Gasteiger partial charge in [0.15, 0.2) is 0 Å². The Bertz CT molecular complexity index is 335. The van der Waals surface area contributed by atoms with Gasteiger partial charge in [0, 0.05) is 5.69 Å². The number of nitrogens with two attached hydrogens (primary N) is 1. The van der Waals surface area contributed by atoms with Gasteiger partial charge >= 0.3 is 6.18 Å². The second kappa shape index (κ2) is 2.65. The van der Waals surface area contributed by atoms with Crippen molar-refractivity contribution in [1.29, 1.82) is 0 Å². The summed E-state index contributed by atoms with van der Waals surface area (Å²) < 4.78 is 38.0. The van der Waals surface area contributed by atoms with Crippen LogP contribution in [-0.2, 0) is 5.41 Å². The quantitative estimate of drug-likeness (QED) is 0.694. The van der Waals surface area contributed by atoms with Gasteiger partial charge in [-0.2, -0.15) is 13.2 Å². The van der Waals surface area contributed by atoms with Gasteiger partial charge in [-0.25, -0.2) is 0 Å². The van der Waals surface area contributed by atoms with Gasteiger partial charge in [-0.15, -0.1) is 0 Å². The van der Waals surface area contributed by atoms with Crippen LogP contribution in [0.4, 0.5) is 18.9 Å². The fourth-order valence-electron chi connectivity index (χ4n) is 1.66. The summed E-state index contributed by atoms with van der Waals surface area (Å²) in [7, 11) is 0. The maximum Gasteiger partial charge on any atom is 0.398 e. The fourth-order valence-corrected chi connectivity index (χ4v) is 1.66. The van der Waals surface area contributed by atoms with E-state index in [1.165, 1.54) is 24.3 Å². The largest absolute Gasteiger partial charge is 0.399 e. The van der Waals surface area contributed by atoms with E-state index in [0.29, 0.717) is 11.3 Å². The molecule has 2 rings (SSSR count). The van der Waals surface area contributed by atoms with Crippen LogP contribution in [-0.4, -0.2) is 6.18 Å². The molecule has 14 heavy (non-hydrogen) atoms. The number of nitrogen functional groups attached to an aromatic ring is 1. The monoisotopic (exact) mass is 201 g/mol. The maximum absolute atomic E-state index is 12.7. The van der Waals surface area contributed by atoms with Crippen molar-refractivity contribution in [2.24, 2.45) is 0 Å². The van der Waals surface area contributed by atoms with Crippen LogP contribution in [0.3, 0.4) is 0 Å². The minimum Gasteiger partial charge on any atom is -0.399 e. The van der Waals surface area contributed by atoms with Gasteiger partial charge in [0.2, 0.25) is 0 Å². The van der Waals surface area contributed by atoms with E-state index in [2.05, 4.69) is 0 Å². The zero-order valence-corrected chi connectivity index (χ0v) is 7.43. The lowest BCUT2D eigenvalue weighted by molar-refractivity contribution is -0.160. The number of rotatable bonds is 1. The number of halogens is 3. The van der Waals surface area contributed by atoms with E-state index in [9.17, 15) is 13.2 Å². The third-order valence-corrected chi connectivity index (χ3v) is 2.76. The van der Waals surface area contributed by atoms with E-state index in [4.69, 9.17) is 5.73 Å². The van der Waals surface area contributed by atoms with Crippen molar-refractivity contribution in [2.45, 2.75) is 24.4 Å². The Morgan fingerprint density at radius 2 is 1.57 bits per heavy atom. The molecule has 0 spiro atoms. The van der Waals surface area contributed by atoms with Gasteiger partial charge in [0.05, 0.1) is 5.41 Å². The molecular weight excluding hydrogens is 191 g/mol. The molecule has 1 saturated carbocycles. The summed E-state index contributed by atoms with van der Waals surface area (Å²) in [6.07, 6.45) is -3.75. The number of alkyl halides is 3. The van der Waals surface area contributed by atoms with Crippen LogP contribution in [0, 0.1) is 0 Å². The van der Waals surface area contributed by atoms with E-state index >= 15 is 0 Å². The average molecular weight is 201 g/mol. The molecule has 0 bridgehead atoms. The van der Waals surface area contributed by atoms with Gasteiger partial charge in [-0.05, 0) is 30.5 Å². The Morgan fingerprint density at radius 1 is 1.07 bits per heavy atom. The molecule has 4 heteroatoms. The van der Waals surface area contributed by atoms with Crippen molar-refractivity contribution >= 4 is 5.69 Å². The maximum atomic E-state index is 12.7. The Hall–Kier alpha value is -1.19. The minimum absolute atomic E-state index is 0.195. The molecule has 0 aliphatic heterocycles. The van der Waals surface area contributed by atoms with Crippen molar-refractivity contribution < 1.29 is 13.2 Å². The van der Waals surface area contributed by atoms with Crippen molar-refractivity contribution in [3.63, 3.8) is 0 Å². The molecule has 1 aromatic carbocycles. The molecule has 1 aliphatic rings. The van der Waals surface area contributed by atoms with E-state index in [-0.39, 0.29) is 12.8 Å². The van der Waals surface area contributed by atoms with Gasteiger partial charge in [-0.1, -0.05) is 12.1 Å². The molecule has 0 saturated heterocycles. The highest BCUT2D eigenvalue weighted by Crippen LogP contribution is 2.58. The molecule has 0 atom stereocenters. The first-order chi connectivity index (χ1) is 6.46. The highest BCUT2D eigenvalue weighted by Gasteiger charge is 2.64. The standard InChI is InChI=1S/C10H10F3N/c11-10(12,13)9(5-6-9)7-1-3-8(14)4-2-7/h1-4H,5-6,14H2. The summed E-state index contributed by atoms with van der Waals surface area (Å²) in [5.41, 5.74) is 4.66. The summed E-state index contributed by atoms with van der Waals surface area (Å²) in [6.45, 7) is 0.